The molecule has 2 N–H and O–H groups in total. The maximum atomic E-state index is 12.2. The minimum absolute atomic E-state index is 0.00406. The predicted molar refractivity (Wildman–Crippen MR) is 81.4 cm³/mol. The van der Waals surface area contributed by atoms with Gasteiger partial charge in [-0.3, -0.25) is 4.79 Å². The van der Waals surface area contributed by atoms with E-state index in [1.807, 2.05) is 0 Å². The normalized spacial score (nSPS) is 22.4. The van der Waals surface area contributed by atoms with Gasteiger partial charge >= 0.3 is 0 Å². The maximum absolute atomic E-state index is 12.2. The molecule has 0 aliphatic carbocycles. The SMILES string of the molecule is CCC1CCNC(C(=O)Nc2ccc(OC)c(Cl)c2)C1. The molecular weight excluding hydrogens is 276 g/mol. The summed E-state index contributed by atoms with van der Waals surface area (Å²) in [4.78, 5) is 12.2. The zero-order chi connectivity index (χ0) is 14.5. The number of benzene rings is 1. The van der Waals surface area contributed by atoms with Crippen LogP contribution in [0.1, 0.15) is 26.2 Å². The minimum Gasteiger partial charge on any atom is -0.495 e. The Kier molecular flexibility index (Phi) is 5.26. The summed E-state index contributed by atoms with van der Waals surface area (Å²) in [6.07, 6.45) is 3.17. The van der Waals surface area contributed by atoms with Gasteiger partial charge in [-0.25, -0.2) is 0 Å². The van der Waals surface area contributed by atoms with Gasteiger partial charge < -0.3 is 15.4 Å². The molecule has 2 rings (SSSR count). The molecule has 1 aromatic rings. The first-order valence-electron chi connectivity index (χ1n) is 7.01. The number of amides is 1. The molecule has 1 amide bonds. The lowest BCUT2D eigenvalue weighted by Crippen LogP contribution is -2.46. The van der Waals surface area contributed by atoms with E-state index in [0.717, 1.165) is 25.8 Å². The third-order valence-electron chi connectivity index (χ3n) is 3.83. The molecule has 0 saturated carbocycles. The standard InChI is InChI=1S/C15H21ClN2O2/c1-3-10-6-7-17-13(8-10)15(19)18-11-4-5-14(20-2)12(16)9-11/h4-5,9-10,13,17H,3,6-8H2,1-2H3,(H,18,19). The van der Waals surface area contributed by atoms with E-state index in [1.165, 1.54) is 0 Å². The highest BCUT2D eigenvalue weighted by atomic mass is 35.5. The fourth-order valence-electron chi connectivity index (χ4n) is 2.54. The van der Waals surface area contributed by atoms with Crippen LogP contribution >= 0.6 is 11.6 Å². The van der Waals surface area contributed by atoms with Gasteiger partial charge in [-0.15, -0.1) is 0 Å². The molecule has 4 nitrogen and oxygen atoms in total. The Balaban J connectivity index is 1.98. The maximum Gasteiger partial charge on any atom is 0.241 e. The summed E-state index contributed by atoms with van der Waals surface area (Å²) in [7, 11) is 1.57. The lowest BCUT2D eigenvalue weighted by atomic mass is 9.90. The summed E-state index contributed by atoms with van der Waals surface area (Å²) < 4.78 is 5.09. The van der Waals surface area contributed by atoms with Gasteiger partial charge in [0.15, 0.2) is 0 Å². The van der Waals surface area contributed by atoms with E-state index < -0.39 is 0 Å². The summed E-state index contributed by atoms with van der Waals surface area (Å²) in [5.41, 5.74) is 0.696. The Morgan fingerprint density at radius 3 is 3.00 bits per heavy atom. The van der Waals surface area contributed by atoms with Crippen molar-refractivity contribution in [3.05, 3.63) is 23.2 Å². The highest BCUT2D eigenvalue weighted by Crippen LogP contribution is 2.27. The molecule has 20 heavy (non-hydrogen) atoms. The average Bonchev–Trinajstić information content (AvgIpc) is 2.47. The van der Waals surface area contributed by atoms with E-state index in [4.69, 9.17) is 16.3 Å². The monoisotopic (exact) mass is 296 g/mol. The number of halogens is 1. The fourth-order valence-corrected chi connectivity index (χ4v) is 2.80. The van der Waals surface area contributed by atoms with Crippen molar-refractivity contribution in [3.63, 3.8) is 0 Å². The summed E-state index contributed by atoms with van der Waals surface area (Å²) in [5.74, 6) is 1.24. The number of carbonyl (C=O) groups is 1. The lowest BCUT2D eigenvalue weighted by Gasteiger charge is -2.28. The number of rotatable bonds is 4. The van der Waals surface area contributed by atoms with Crippen LogP contribution in [-0.4, -0.2) is 25.6 Å². The van der Waals surface area contributed by atoms with Crippen molar-refractivity contribution in [3.8, 4) is 5.75 Å². The van der Waals surface area contributed by atoms with Crippen LogP contribution in [-0.2, 0) is 4.79 Å². The van der Waals surface area contributed by atoms with E-state index in [2.05, 4.69) is 17.6 Å². The third-order valence-corrected chi connectivity index (χ3v) is 4.12. The van der Waals surface area contributed by atoms with Gasteiger partial charge in [-0.1, -0.05) is 24.9 Å². The molecule has 1 aliphatic rings. The van der Waals surface area contributed by atoms with Crippen LogP contribution in [0.3, 0.4) is 0 Å². The molecule has 1 fully saturated rings. The van der Waals surface area contributed by atoms with Crippen LogP contribution in [0.2, 0.25) is 5.02 Å². The van der Waals surface area contributed by atoms with Gasteiger partial charge in [0.25, 0.3) is 0 Å². The Hall–Kier alpha value is -1.26. The molecule has 1 aliphatic heterocycles. The first-order valence-corrected chi connectivity index (χ1v) is 7.39. The Morgan fingerprint density at radius 1 is 1.55 bits per heavy atom. The van der Waals surface area contributed by atoms with E-state index in [1.54, 1.807) is 25.3 Å². The summed E-state index contributed by atoms with van der Waals surface area (Å²) >= 11 is 6.05. The zero-order valence-electron chi connectivity index (χ0n) is 11.9. The first-order chi connectivity index (χ1) is 9.63. The molecule has 110 valence electrons. The van der Waals surface area contributed by atoms with E-state index in [9.17, 15) is 4.79 Å². The average molecular weight is 297 g/mol. The lowest BCUT2D eigenvalue weighted by molar-refractivity contribution is -0.119. The number of hydrogen-bond donors (Lipinski definition) is 2. The van der Waals surface area contributed by atoms with E-state index >= 15 is 0 Å². The molecule has 2 unspecified atom stereocenters. The first kappa shape index (κ1) is 15.1. The van der Waals surface area contributed by atoms with Gasteiger partial charge in [-0.2, -0.15) is 0 Å². The second-order valence-electron chi connectivity index (χ2n) is 5.14. The highest BCUT2D eigenvalue weighted by molar-refractivity contribution is 6.32. The number of ether oxygens (including phenoxy) is 1. The van der Waals surface area contributed by atoms with Gasteiger partial charge in [0.2, 0.25) is 5.91 Å². The summed E-state index contributed by atoms with van der Waals surface area (Å²) in [6.45, 7) is 3.08. The second kappa shape index (κ2) is 6.95. The molecule has 1 aromatic carbocycles. The number of hydrogen-bond acceptors (Lipinski definition) is 3. The Bertz CT molecular complexity index is 479. The van der Waals surface area contributed by atoms with Crippen molar-refractivity contribution in [1.29, 1.82) is 0 Å². The van der Waals surface area contributed by atoms with Gasteiger partial charge in [0.05, 0.1) is 18.2 Å². The van der Waals surface area contributed by atoms with Crippen LogP contribution in [0.4, 0.5) is 5.69 Å². The zero-order valence-corrected chi connectivity index (χ0v) is 12.7. The van der Waals surface area contributed by atoms with E-state index in [-0.39, 0.29) is 11.9 Å². The number of anilines is 1. The van der Waals surface area contributed by atoms with Crippen LogP contribution in [0.15, 0.2) is 18.2 Å². The number of nitrogens with one attached hydrogen (secondary N) is 2. The van der Waals surface area contributed by atoms with Crippen molar-refractivity contribution >= 4 is 23.2 Å². The number of carbonyl (C=O) groups excluding carboxylic acids is 1. The second-order valence-corrected chi connectivity index (χ2v) is 5.55. The molecule has 1 saturated heterocycles. The van der Waals surface area contributed by atoms with Crippen molar-refractivity contribution in [1.82, 2.24) is 5.32 Å². The Morgan fingerprint density at radius 2 is 2.35 bits per heavy atom. The third kappa shape index (κ3) is 3.64. The topological polar surface area (TPSA) is 50.4 Å². The molecule has 1 heterocycles. The molecule has 0 radical (unpaired) electrons. The van der Waals surface area contributed by atoms with Crippen molar-refractivity contribution in [2.75, 3.05) is 19.0 Å². The highest BCUT2D eigenvalue weighted by Gasteiger charge is 2.25. The molecule has 0 aromatic heterocycles. The van der Waals surface area contributed by atoms with Crippen molar-refractivity contribution in [2.45, 2.75) is 32.2 Å². The number of methoxy groups -OCH3 is 1. The quantitative estimate of drug-likeness (QED) is 0.898. The molecule has 2 atom stereocenters. The van der Waals surface area contributed by atoms with Gasteiger partial charge in [0.1, 0.15) is 5.75 Å². The molecular formula is C15H21ClN2O2. The smallest absolute Gasteiger partial charge is 0.241 e. The van der Waals surface area contributed by atoms with E-state index in [0.29, 0.717) is 22.4 Å². The van der Waals surface area contributed by atoms with Crippen LogP contribution in [0, 0.1) is 5.92 Å². The largest absolute Gasteiger partial charge is 0.495 e. The minimum atomic E-state index is -0.116. The Labute approximate surface area is 124 Å². The van der Waals surface area contributed by atoms with Crippen molar-refractivity contribution in [2.24, 2.45) is 5.92 Å². The number of piperidine rings is 1. The van der Waals surface area contributed by atoms with Gasteiger partial charge in [0, 0.05) is 5.69 Å². The van der Waals surface area contributed by atoms with Crippen LogP contribution in [0.25, 0.3) is 0 Å². The molecule has 5 heteroatoms. The summed E-state index contributed by atoms with van der Waals surface area (Å²) in [5, 5.41) is 6.67. The van der Waals surface area contributed by atoms with Crippen LogP contribution in [0.5, 0.6) is 5.75 Å². The summed E-state index contributed by atoms with van der Waals surface area (Å²) in [6, 6.07) is 5.14. The predicted octanol–water partition coefficient (Wildman–Crippen LogP) is 3.07. The molecule has 0 bridgehead atoms. The van der Waals surface area contributed by atoms with Crippen molar-refractivity contribution < 1.29 is 9.53 Å². The van der Waals surface area contributed by atoms with Gasteiger partial charge in [-0.05, 0) is 43.5 Å². The van der Waals surface area contributed by atoms with Crippen LogP contribution < -0.4 is 15.4 Å². The fraction of sp³-hybridized carbons (Fsp3) is 0.533. The molecule has 0 spiro atoms.